The molecule has 2 rings (SSSR count). The topological polar surface area (TPSA) is 21.1 Å². The van der Waals surface area contributed by atoms with E-state index >= 15 is 0 Å². The summed E-state index contributed by atoms with van der Waals surface area (Å²) in [6.07, 6.45) is 0. The Bertz CT molecular complexity index is 492. The molecular formula is C15H27N3. The van der Waals surface area contributed by atoms with Crippen LogP contribution in [0, 0.1) is 19.3 Å². The van der Waals surface area contributed by atoms with Crippen molar-refractivity contribution < 1.29 is 0 Å². The monoisotopic (exact) mass is 249 g/mol. The van der Waals surface area contributed by atoms with Gasteiger partial charge in [0.05, 0.1) is 16.9 Å². The van der Waals surface area contributed by atoms with Gasteiger partial charge in [-0.15, -0.1) is 0 Å². The molecule has 0 spiro atoms. The summed E-state index contributed by atoms with van der Waals surface area (Å²) in [6, 6.07) is 0. The number of nitrogens with zero attached hydrogens (tertiary/aromatic N) is 3. The third-order valence-corrected chi connectivity index (χ3v) is 6.12. The largest absolute Gasteiger partial charge is 0.294 e. The van der Waals surface area contributed by atoms with Crippen LogP contribution in [0.5, 0.6) is 0 Å². The van der Waals surface area contributed by atoms with Crippen LogP contribution in [-0.2, 0) is 5.41 Å². The van der Waals surface area contributed by atoms with E-state index in [1.807, 2.05) is 0 Å². The maximum atomic E-state index is 4.73. The van der Waals surface area contributed by atoms with E-state index in [9.17, 15) is 0 Å². The maximum absolute atomic E-state index is 4.73. The molecule has 0 amide bonds. The number of fused-ring (bicyclic) bond motifs is 1. The van der Waals surface area contributed by atoms with Gasteiger partial charge in [-0.05, 0) is 38.7 Å². The summed E-state index contributed by atoms with van der Waals surface area (Å²) >= 11 is 0. The lowest BCUT2D eigenvalue weighted by Crippen LogP contribution is -2.68. The van der Waals surface area contributed by atoms with Crippen molar-refractivity contribution in [2.45, 2.75) is 66.3 Å². The van der Waals surface area contributed by atoms with Gasteiger partial charge in [-0.2, -0.15) is 9.89 Å². The summed E-state index contributed by atoms with van der Waals surface area (Å²) in [5.41, 5.74) is 4.12. The lowest BCUT2D eigenvalue weighted by Gasteiger charge is -2.60. The van der Waals surface area contributed by atoms with E-state index in [2.05, 4.69) is 72.2 Å². The van der Waals surface area contributed by atoms with Crippen molar-refractivity contribution >= 4 is 0 Å². The predicted octanol–water partition coefficient (Wildman–Crippen LogP) is 3.16. The molecular weight excluding hydrogens is 222 g/mol. The normalized spacial score (nSPS) is 23.9. The van der Waals surface area contributed by atoms with Crippen LogP contribution in [0.2, 0.25) is 0 Å². The van der Waals surface area contributed by atoms with Gasteiger partial charge in [0.15, 0.2) is 0 Å². The molecule has 18 heavy (non-hydrogen) atoms. The fourth-order valence-electron chi connectivity index (χ4n) is 3.23. The van der Waals surface area contributed by atoms with Gasteiger partial charge < -0.3 is 0 Å². The minimum atomic E-state index is 0.0500. The molecule has 102 valence electrons. The average molecular weight is 249 g/mol. The molecule has 3 heteroatoms. The minimum absolute atomic E-state index is 0.0500. The van der Waals surface area contributed by atoms with Crippen molar-refractivity contribution in [3.05, 3.63) is 17.0 Å². The molecule has 3 nitrogen and oxygen atoms in total. The van der Waals surface area contributed by atoms with E-state index in [0.717, 1.165) is 5.69 Å². The van der Waals surface area contributed by atoms with Gasteiger partial charge in [-0.3, -0.25) is 5.01 Å². The van der Waals surface area contributed by atoms with Crippen molar-refractivity contribution in [2.75, 3.05) is 12.1 Å². The Morgan fingerprint density at radius 3 is 1.94 bits per heavy atom. The molecule has 1 aliphatic rings. The summed E-state index contributed by atoms with van der Waals surface area (Å²) in [5, 5.41) is 7.02. The first kappa shape index (κ1) is 13.4. The Morgan fingerprint density at radius 1 is 0.944 bits per heavy atom. The van der Waals surface area contributed by atoms with Crippen molar-refractivity contribution in [1.82, 2.24) is 9.89 Å². The van der Waals surface area contributed by atoms with Gasteiger partial charge in [0.25, 0.3) is 0 Å². The van der Waals surface area contributed by atoms with Crippen molar-refractivity contribution in [3.8, 4) is 0 Å². The second kappa shape index (κ2) is 3.31. The Labute approximate surface area is 111 Å². The lowest BCUT2D eigenvalue weighted by atomic mass is 9.55. The highest BCUT2D eigenvalue weighted by Gasteiger charge is 2.57. The van der Waals surface area contributed by atoms with Crippen molar-refractivity contribution in [1.29, 1.82) is 0 Å². The van der Waals surface area contributed by atoms with Gasteiger partial charge in [0, 0.05) is 12.5 Å². The van der Waals surface area contributed by atoms with Crippen molar-refractivity contribution in [3.63, 3.8) is 0 Å². The van der Waals surface area contributed by atoms with Crippen LogP contribution in [0.25, 0.3) is 0 Å². The summed E-state index contributed by atoms with van der Waals surface area (Å²) in [7, 11) is 2.15. The van der Waals surface area contributed by atoms with Crippen LogP contribution in [0.4, 0.5) is 0 Å². The van der Waals surface area contributed by atoms with E-state index in [1.165, 1.54) is 11.3 Å². The van der Waals surface area contributed by atoms with E-state index in [0.29, 0.717) is 0 Å². The smallest absolute Gasteiger partial charge is 0.0716 e. The Balaban J connectivity index is 2.83. The first-order valence-electron chi connectivity index (χ1n) is 6.77. The molecule has 0 saturated carbocycles. The van der Waals surface area contributed by atoms with Crippen molar-refractivity contribution in [2.24, 2.45) is 5.41 Å². The molecule has 0 aliphatic carbocycles. The Hall–Kier alpha value is -0.990. The molecule has 0 fully saturated rings. The summed E-state index contributed by atoms with van der Waals surface area (Å²) < 4.78 is 0. The first-order valence-corrected chi connectivity index (χ1v) is 6.77. The van der Waals surface area contributed by atoms with Gasteiger partial charge in [0.2, 0.25) is 0 Å². The minimum Gasteiger partial charge on any atom is -0.294 e. The Morgan fingerprint density at radius 2 is 1.44 bits per heavy atom. The number of aryl methyl sites for hydroxylation is 1. The number of rotatable bonds is 0. The molecule has 0 atom stereocenters. The zero-order chi connectivity index (χ0) is 14.1. The Kier molecular flexibility index (Phi) is 2.47. The zero-order valence-corrected chi connectivity index (χ0v) is 13.3. The highest BCUT2D eigenvalue weighted by Crippen LogP contribution is 2.53. The van der Waals surface area contributed by atoms with Crippen LogP contribution >= 0.6 is 0 Å². The standard InChI is InChI=1S/C15H27N3/c1-10-11(2)16-18-12(10)13(3,4)14(5,6)15(7,8)17(18)9/h1-9H3. The summed E-state index contributed by atoms with van der Waals surface area (Å²) in [5.74, 6) is 0. The van der Waals surface area contributed by atoms with Gasteiger partial charge in [0.1, 0.15) is 0 Å². The fraction of sp³-hybridized carbons (Fsp3) is 0.800. The molecule has 1 aliphatic heterocycles. The van der Waals surface area contributed by atoms with Gasteiger partial charge in [-0.1, -0.05) is 27.7 Å². The fourth-order valence-corrected chi connectivity index (χ4v) is 3.23. The lowest BCUT2D eigenvalue weighted by molar-refractivity contribution is 0.0396. The summed E-state index contributed by atoms with van der Waals surface area (Å²) in [6.45, 7) is 18.4. The number of aromatic nitrogens is 2. The number of hydrogen-bond donors (Lipinski definition) is 0. The molecule has 1 aromatic rings. The van der Waals surface area contributed by atoms with Gasteiger partial charge in [-0.25, -0.2) is 0 Å². The van der Waals surface area contributed by atoms with E-state index < -0.39 is 0 Å². The zero-order valence-electron chi connectivity index (χ0n) is 13.3. The highest BCUT2D eigenvalue weighted by molar-refractivity contribution is 5.38. The SMILES string of the molecule is Cc1nn2c(c1C)C(C)(C)C(C)(C)C(C)(C)N2C. The molecule has 0 saturated heterocycles. The van der Waals surface area contributed by atoms with Gasteiger partial charge >= 0.3 is 0 Å². The quantitative estimate of drug-likeness (QED) is 0.704. The van der Waals surface area contributed by atoms with Crippen LogP contribution in [0.3, 0.4) is 0 Å². The molecule has 0 radical (unpaired) electrons. The van der Waals surface area contributed by atoms with Crippen LogP contribution in [0.1, 0.15) is 58.5 Å². The van der Waals surface area contributed by atoms with Crippen LogP contribution in [-0.4, -0.2) is 22.5 Å². The highest BCUT2D eigenvalue weighted by atomic mass is 15.7. The third kappa shape index (κ3) is 1.23. The number of hydrogen-bond acceptors (Lipinski definition) is 2. The molecule has 0 aromatic carbocycles. The molecule has 0 unspecified atom stereocenters. The predicted molar refractivity (Wildman–Crippen MR) is 76.7 cm³/mol. The van der Waals surface area contributed by atoms with Crippen LogP contribution in [0.15, 0.2) is 0 Å². The molecule has 1 aromatic heterocycles. The molecule has 0 bridgehead atoms. The van der Waals surface area contributed by atoms with E-state index in [1.54, 1.807) is 0 Å². The van der Waals surface area contributed by atoms with E-state index in [-0.39, 0.29) is 16.4 Å². The average Bonchev–Trinajstić information content (AvgIpc) is 2.52. The maximum Gasteiger partial charge on any atom is 0.0716 e. The molecule has 0 N–H and O–H groups in total. The first-order chi connectivity index (χ1) is 7.96. The van der Waals surface area contributed by atoms with Crippen LogP contribution < -0.4 is 5.01 Å². The second-order valence-corrected chi connectivity index (χ2v) is 7.28. The summed E-state index contributed by atoms with van der Waals surface area (Å²) in [4.78, 5) is 2.12. The third-order valence-electron chi connectivity index (χ3n) is 6.12. The molecule has 2 heterocycles. The van der Waals surface area contributed by atoms with E-state index in [4.69, 9.17) is 5.10 Å². The second-order valence-electron chi connectivity index (χ2n) is 7.28.